The van der Waals surface area contributed by atoms with Gasteiger partial charge in [-0.05, 0) is 55.8 Å². The lowest BCUT2D eigenvalue weighted by molar-refractivity contribution is -0.135. The highest BCUT2D eigenvalue weighted by molar-refractivity contribution is 5.94. The van der Waals surface area contributed by atoms with Gasteiger partial charge < -0.3 is 19.9 Å². The van der Waals surface area contributed by atoms with Gasteiger partial charge in [-0.1, -0.05) is 30.3 Å². The fourth-order valence-corrected chi connectivity index (χ4v) is 4.73. The van der Waals surface area contributed by atoms with E-state index in [0.29, 0.717) is 26.2 Å². The van der Waals surface area contributed by atoms with Crippen LogP contribution in [0.3, 0.4) is 0 Å². The van der Waals surface area contributed by atoms with E-state index in [4.69, 9.17) is 4.74 Å². The summed E-state index contributed by atoms with van der Waals surface area (Å²) >= 11 is 0. The Morgan fingerprint density at radius 3 is 2.42 bits per heavy atom. The summed E-state index contributed by atoms with van der Waals surface area (Å²) in [5, 5.41) is 10.9. The summed E-state index contributed by atoms with van der Waals surface area (Å²) < 4.78 is 6.15. The molecule has 8 nitrogen and oxygen atoms in total. The zero-order valence-corrected chi connectivity index (χ0v) is 20.6. The first kappa shape index (κ1) is 23.8. The number of nitrogens with zero attached hydrogens (tertiary/aromatic N) is 4. The lowest BCUT2D eigenvalue weighted by Gasteiger charge is -2.38. The maximum Gasteiger partial charge on any atom is 0.232 e. The first-order chi connectivity index (χ1) is 17.4. The van der Waals surface area contributed by atoms with Gasteiger partial charge in [-0.2, -0.15) is 5.10 Å². The second-order valence-electron chi connectivity index (χ2n) is 9.97. The van der Waals surface area contributed by atoms with Gasteiger partial charge in [0, 0.05) is 37.9 Å². The maximum absolute atomic E-state index is 13.2. The predicted molar refractivity (Wildman–Crippen MR) is 138 cm³/mol. The fraction of sp³-hybridized carbons (Fsp3) is 0.357. The van der Waals surface area contributed by atoms with Gasteiger partial charge in [0.1, 0.15) is 11.9 Å². The third-order valence-electron chi connectivity index (χ3n) is 7.02. The van der Waals surface area contributed by atoms with Crippen LogP contribution in [0.5, 0.6) is 5.75 Å². The number of likely N-dealkylation sites (tertiary alicyclic amines) is 1. The molecule has 1 N–H and O–H groups in total. The second-order valence-corrected chi connectivity index (χ2v) is 9.97. The van der Waals surface area contributed by atoms with Gasteiger partial charge in [-0.25, -0.2) is 0 Å². The van der Waals surface area contributed by atoms with Crippen LogP contribution in [0.15, 0.2) is 72.9 Å². The molecular formula is C28H31N5O3. The first-order valence-corrected chi connectivity index (χ1v) is 12.4. The Labute approximate surface area is 211 Å². The molecule has 2 fully saturated rings. The maximum atomic E-state index is 13.2. The zero-order valence-electron chi connectivity index (χ0n) is 20.6. The van der Waals surface area contributed by atoms with E-state index < -0.39 is 5.41 Å². The number of aromatic nitrogens is 2. The van der Waals surface area contributed by atoms with E-state index in [1.165, 1.54) is 0 Å². The second kappa shape index (κ2) is 9.97. The zero-order chi connectivity index (χ0) is 25.1. The minimum absolute atomic E-state index is 0.00483. The molecule has 3 aromatic rings. The summed E-state index contributed by atoms with van der Waals surface area (Å²) in [6, 6.07) is 21.0. The molecule has 2 amide bonds. The van der Waals surface area contributed by atoms with Gasteiger partial charge in [-0.3, -0.25) is 9.59 Å². The van der Waals surface area contributed by atoms with Crippen LogP contribution < -0.4 is 15.0 Å². The van der Waals surface area contributed by atoms with Crippen molar-refractivity contribution in [2.45, 2.75) is 31.8 Å². The molecule has 186 valence electrons. The molecule has 36 heavy (non-hydrogen) atoms. The Bertz CT molecular complexity index is 1190. The molecule has 0 radical (unpaired) electrons. The van der Waals surface area contributed by atoms with Crippen molar-refractivity contribution < 1.29 is 14.3 Å². The van der Waals surface area contributed by atoms with E-state index in [0.717, 1.165) is 29.2 Å². The number of anilines is 2. The van der Waals surface area contributed by atoms with Crippen LogP contribution in [0.2, 0.25) is 0 Å². The van der Waals surface area contributed by atoms with Crippen molar-refractivity contribution >= 4 is 23.3 Å². The summed E-state index contributed by atoms with van der Waals surface area (Å²) in [6.45, 7) is 6.46. The van der Waals surface area contributed by atoms with Crippen LogP contribution in [0, 0.1) is 5.92 Å². The van der Waals surface area contributed by atoms with Crippen LogP contribution in [-0.2, 0) is 15.0 Å². The van der Waals surface area contributed by atoms with Crippen molar-refractivity contribution in [3.8, 4) is 5.75 Å². The molecule has 0 bridgehead atoms. The standard InChI is InChI=1S/C28H31N5O3/c1-28(2,21-7-4-3-5-8-21)27(35)32-16-14-24(19-32)36-23-12-10-22(11-13-23)30-26(34)20-17-33(18-20)25-9-6-15-29-31-25/h3-13,15,20,24H,14,16-19H2,1-2H3,(H,30,34)/t24-/m1/s1. The minimum atomic E-state index is -0.581. The molecule has 2 aromatic carbocycles. The van der Waals surface area contributed by atoms with Crippen LogP contribution in [0.4, 0.5) is 11.5 Å². The summed E-state index contributed by atoms with van der Waals surface area (Å²) in [5.74, 6) is 1.55. The van der Waals surface area contributed by atoms with E-state index in [2.05, 4.69) is 15.5 Å². The molecule has 2 aliphatic rings. The van der Waals surface area contributed by atoms with Crippen LogP contribution in [0.25, 0.3) is 0 Å². The first-order valence-electron chi connectivity index (χ1n) is 12.4. The molecular weight excluding hydrogens is 454 g/mol. The highest BCUT2D eigenvalue weighted by atomic mass is 16.5. The predicted octanol–water partition coefficient (Wildman–Crippen LogP) is 3.51. The van der Waals surface area contributed by atoms with Crippen LogP contribution in [0.1, 0.15) is 25.8 Å². The topological polar surface area (TPSA) is 87.7 Å². The summed E-state index contributed by atoms with van der Waals surface area (Å²) in [5.41, 5.74) is 1.17. The quantitative estimate of drug-likeness (QED) is 0.551. The van der Waals surface area contributed by atoms with Gasteiger partial charge in [0.25, 0.3) is 0 Å². The molecule has 0 unspecified atom stereocenters. The van der Waals surface area contributed by atoms with Gasteiger partial charge in [0.15, 0.2) is 5.82 Å². The van der Waals surface area contributed by atoms with E-state index in [1.54, 1.807) is 6.20 Å². The molecule has 5 rings (SSSR count). The Hall–Kier alpha value is -3.94. The van der Waals surface area contributed by atoms with Gasteiger partial charge in [-0.15, -0.1) is 5.10 Å². The number of ether oxygens (including phenoxy) is 1. The van der Waals surface area contributed by atoms with Gasteiger partial charge >= 0.3 is 0 Å². The number of rotatable bonds is 7. The fourth-order valence-electron chi connectivity index (χ4n) is 4.73. The number of nitrogens with one attached hydrogen (secondary N) is 1. The van der Waals surface area contributed by atoms with Crippen molar-refractivity contribution in [1.82, 2.24) is 15.1 Å². The number of benzene rings is 2. The Balaban J connectivity index is 1.10. The van der Waals surface area contributed by atoms with E-state index in [-0.39, 0.29) is 23.8 Å². The third-order valence-corrected chi connectivity index (χ3v) is 7.02. The summed E-state index contributed by atoms with van der Waals surface area (Å²) in [6.07, 6.45) is 2.37. The Morgan fingerprint density at radius 1 is 0.972 bits per heavy atom. The van der Waals surface area contributed by atoms with Crippen molar-refractivity contribution in [3.05, 3.63) is 78.5 Å². The average Bonchev–Trinajstić information content (AvgIpc) is 3.33. The molecule has 8 heteroatoms. The Morgan fingerprint density at radius 2 is 1.72 bits per heavy atom. The molecule has 2 aliphatic heterocycles. The van der Waals surface area contributed by atoms with Crippen molar-refractivity contribution in [1.29, 1.82) is 0 Å². The summed E-state index contributed by atoms with van der Waals surface area (Å²) in [7, 11) is 0. The lowest BCUT2D eigenvalue weighted by atomic mass is 9.83. The van der Waals surface area contributed by atoms with Gasteiger partial charge in [0.05, 0.1) is 17.9 Å². The number of carbonyl (C=O) groups excluding carboxylic acids is 2. The summed E-state index contributed by atoms with van der Waals surface area (Å²) in [4.78, 5) is 29.7. The minimum Gasteiger partial charge on any atom is -0.489 e. The molecule has 0 aliphatic carbocycles. The van der Waals surface area contributed by atoms with Crippen LogP contribution in [-0.4, -0.2) is 59.2 Å². The lowest BCUT2D eigenvalue weighted by Crippen LogP contribution is -2.52. The SMILES string of the molecule is CC(C)(C(=O)N1CC[C@@H](Oc2ccc(NC(=O)C3CN(c4cccnn4)C3)cc2)C1)c1ccccc1. The van der Waals surface area contributed by atoms with Crippen LogP contribution >= 0.6 is 0 Å². The monoisotopic (exact) mass is 485 g/mol. The molecule has 0 spiro atoms. The normalized spacial score (nSPS) is 18.0. The number of hydrogen-bond donors (Lipinski definition) is 1. The highest BCUT2D eigenvalue weighted by Gasteiger charge is 2.38. The van der Waals surface area contributed by atoms with E-state index >= 15 is 0 Å². The molecule has 3 heterocycles. The number of carbonyl (C=O) groups is 2. The largest absolute Gasteiger partial charge is 0.489 e. The highest BCUT2D eigenvalue weighted by Crippen LogP contribution is 2.29. The van der Waals surface area contributed by atoms with Crippen molar-refractivity contribution in [2.24, 2.45) is 5.92 Å². The molecule has 2 saturated heterocycles. The average molecular weight is 486 g/mol. The molecule has 0 saturated carbocycles. The van der Waals surface area contributed by atoms with E-state index in [9.17, 15) is 9.59 Å². The third kappa shape index (κ3) is 5.03. The van der Waals surface area contributed by atoms with Crippen molar-refractivity contribution in [3.63, 3.8) is 0 Å². The smallest absolute Gasteiger partial charge is 0.232 e. The van der Waals surface area contributed by atoms with E-state index in [1.807, 2.05) is 90.4 Å². The molecule has 1 atom stereocenters. The number of amides is 2. The number of hydrogen-bond acceptors (Lipinski definition) is 6. The van der Waals surface area contributed by atoms with Gasteiger partial charge in [0.2, 0.25) is 11.8 Å². The molecule has 1 aromatic heterocycles. The van der Waals surface area contributed by atoms with Crippen molar-refractivity contribution in [2.75, 3.05) is 36.4 Å². The Kier molecular flexibility index (Phi) is 6.59.